The number of hydrogen-bond donors (Lipinski definition) is 1. The Hall–Kier alpha value is -0.580. The molecule has 0 amide bonds. The second-order valence-corrected chi connectivity index (χ2v) is 4.32. The molecule has 15 heavy (non-hydrogen) atoms. The molecule has 2 N–H and O–H groups in total. The number of esters is 1. The second kappa shape index (κ2) is 5.49. The summed E-state index contributed by atoms with van der Waals surface area (Å²) < 4.78 is 5.34. The van der Waals surface area contributed by atoms with Crippen molar-refractivity contribution in [3.63, 3.8) is 0 Å². The van der Waals surface area contributed by atoms with E-state index in [0.29, 0.717) is 5.02 Å². The van der Waals surface area contributed by atoms with Crippen LogP contribution in [0.2, 0.25) is 5.02 Å². The van der Waals surface area contributed by atoms with Crippen molar-refractivity contribution in [3.8, 4) is 0 Å². The number of halogens is 2. The lowest BCUT2D eigenvalue weighted by atomic mass is 10.1. The van der Waals surface area contributed by atoms with E-state index in [1.807, 2.05) is 6.07 Å². The van der Waals surface area contributed by atoms with Gasteiger partial charge in [0.25, 0.3) is 0 Å². The molecular formula is C10H11BrClNO2. The summed E-state index contributed by atoms with van der Waals surface area (Å²) in [6.45, 7) is 0. The van der Waals surface area contributed by atoms with Crippen LogP contribution in [0.15, 0.2) is 22.7 Å². The fraction of sp³-hybridized carbons (Fsp3) is 0.300. The van der Waals surface area contributed by atoms with Gasteiger partial charge < -0.3 is 10.5 Å². The highest BCUT2D eigenvalue weighted by Crippen LogP contribution is 2.26. The van der Waals surface area contributed by atoms with Crippen LogP contribution < -0.4 is 5.73 Å². The number of hydrogen-bond acceptors (Lipinski definition) is 3. The minimum Gasteiger partial charge on any atom is -0.469 e. The van der Waals surface area contributed by atoms with Gasteiger partial charge in [-0.2, -0.15) is 0 Å². The average Bonchev–Trinajstić information content (AvgIpc) is 2.21. The Morgan fingerprint density at radius 3 is 2.87 bits per heavy atom. The number of methoxy groups -OCH3 is 1. The molecule has 1 rings (SSSR count). The molecule has 0 fully saturated rings. The SMILES string of the molecule is COC(=O)C[C@H](N)c1ccc(Br)c(Cl)c1. The van der Waals surface area contributed by atoms with Gasteiger partial charge in [-0.1, -0.05) is 17.7 Å². The largest absolute Gasteiger partial charge is 0.469 e. The molecule has 1 atom stereocenters. The van der Waals surface area contributed by atoms with Crippen molar-refractivity contribution in [1.29, 1.82) is 0 Å². The van der Waals surface area contributed by atoms with E-state index in [1.54, 1.807) is 12.1 Å². The molecule has 0 spiro atoms. The van der Waals surface area contributed by atoms with Crippen LogP contribution in [0, 0.1) is 0 Å². The molecule has 0 bridgehead atoms. The topological polar surface area (TPSA) is 52.3 Å². The van der Waals surface area contributed by atoms with Crippen molar-refractivity contribution in [2.45, 2.75) is 12.5 Å². The van der Waals surface area contributed by atoms with Crippen molar-refractivity contribution in [3.05, 3.63) is 33.3 Å². The van der Waals surface area contributed by atoms with Crippen LogP contribution in [0.3, 0.4) is 0 Å². The van der Waals surface area contributed by atoms with E-state index < -0.39 is 0 Å². The monoisotopic (exact) mass is 291 g/mol. The second-order valence-electron chi connectivity index (χ2n) is 3.06. The molecule has 0 unspecified atom stereocenters. The highest BCUT2D eigenvalue weighted by molar-refractivity contribution is 9.10. The number of carbonyl (C=O) groups is 1. The molecular weight excluding hydrogens is 281 g/mol. The summed E-state index contributed by atoms with van der Waals surface area (Å²) in [6, 6.07) is 4.97. The molecule has 0 saturated carbocycles. The third-order valence-corrected chi connectivity index (χ3v) is 3.22. The Morgan fingerprint density at radius 1 is 1.67 bits per heavy atom. The lowest BCUT2D eigenvalue weighted by Gasteiger charge is -2.11. The number of rotatable bonds is 3. The van der Waals surface area contributed by atoms with Crippen LogP contribution >= 0.6 is 27.5 Å². The predicted octanol–water partition coefficient (Wildman–Crippen LogP) is 2.67. The van der Waals surface area contributed by atoms with Gasteiger partial charge in [-0.25, -0.2) is 0 Å². The van der Waals surface area contributed by atoms with E-state index in [1.165, 1.54) is 7.11 Å². The molecule has 1 aromatic rings. The summed E-state index contributed by atoms with van der Waals surface area (Å²) in [5.74, 6) is -0.332. The van der Waals surface area contributed by atoms with Crippen LogP contribution in [0.1, 0.15) is 18.0 Å². The minimum absolute atomic E-state index is 0.147. The molecule has 0 heterocycles. The van der Waals surface area contributed by atoms with Gasteiger partial charge in [0.2, 0.25) is 0 Å². The maximum absolute atomic E-state index is 11.0. The van der Waals surface area contributed by atoms with Crippen molar-refractivity contribution in [2.75, 3.05) is 7.11 Å². The molecule has 0 aromatic heterocycles. The van der Waals surface area contributed by atoms with Crippen LogP contribution in [0.25, 0.3) is 0 Å². The summed E-state index contributed by atoms with van der Waals surface area (Å²) in [6.07, 6.45) is 0.147. The summed E-state index contributed by atoms with van der Waals surface area (Å²) in [4.78, 5) is 11.0. The molecule has 0 aliphatic heterocycles. The fourth-order valence-corrected chi connectivity index (χ4v) is 1.56. The summed E-state index contributed by atoms with van der Waals surface area (Å²) in [5.41, 5.74) is 6.63. The van der Waals surface area contributed by atoms with Gasteiger partial charge >= 0.3 is 5.97 Å². The van der Waals surface area contributed by atoms with Crippen LogP contribution in [-0.4, -0.2) is 13.1 Å². The van der Waals surface area contributed by atoms with E-state index >= 15 is 0 Å². The van der Waals surface area contributed by atoms with E-state index in [-0.39, 0.29) is 18.4 Å². The number of nitrogens with two attached hydrogens (primary N) is 1. The lowest BCUT2D eigenvalue weighted by Crippen LogP contribution is -2.16. The van der Waals surface area contributed by atoms with Gasteiger partial charge in [-0.3, -0.25) is 4.79 Å². The van der Waals surface area contributed by atoms with Crippen molar-refractivity contribution in [2.24, 2.45) is 5.73 Å². The normalized spacial score (nSPS) is 12.3. The maximum atomic E-state index is 11.0. The van der Waals surface area contributed by atoms with Gasteiger partial charge in [0, 0.05) is 10.5 Å². The van der Waals surface area contributed by atoms with E-state index in [0.717, 1.165) is 10.0 Å². The van der Waals surface area contributed by atoms with E-state index in [9.17, 15) is 4.79 Å². The average molecular weight is 293 g/mol. The fourth-order valence-electron chi connectivity index (χ4n) is 1.12. The van der Waals surface area contributed by atoms with Crippen molar-refractivity contribution in [1.82, 2.24) is 0 Å². The summed E-state index contributed by atoms with van der Waals surface area (Å²) >= 11 is 9.19. The Morgan fingerprint density at radius 2 is 2.33 bits per heavy atom. The molecule has 0 aliphatic rings. The molecule has 5 heteroatoms. The quantitative estimate of drug-likeness (QED) is 0.871. The Labute approximate surface area is 102 Å². The maximum Gasteiger partial charge on any atom is 0.307 e. The highest BCUT2D eigenvalue weighted by Gasteiger charge is 2.12. The van der Waals surface area contributed by atoms with E-state index in [2.05, 4.69) is 20.7 Å². The Bertz CT molecular complexity index is 370. The van der Waals surface area contributed by atoms with Crippen molar-refractivity contribution < 1.29 is 9.53 Å². The lowest BCUT2D eigenvalue weighted by molar-refractivity contribution is -0.141. The van der Waals surface area contributed by atoms with Gasteiger partial charge in [-0.15, -0.1) is 0 Å². The van der Waals surface area contributed by atoms with Crippen LogP contribution in [0.4, 0.5) is 0 Å². The van der Waals surface area contributed by atoms with Crippen LogP contribution in [0.5, 0.6) is 0 Å². The van der Waals surface area contributed by atoms with Gasteiger partial charge in [0.05, 0.1) is 18.6 Å². The first-order chi connectivity index (χ1) is 7.04. The summed E-state index contributed by atoms with van der Waals surface area (Å²) in [5, 5.41) is 0.577. The van der Waals surface area contributed by atoms with Gasteiger partial charge in [-0.05, 0) is 33.6 Å². The Kier molecular flexibility index (Phi) is 4.57. The standard InChI is InChI=1S/C10H11BrClNO2/c1-15-10(14)5-9(13)6-2-3-7(11)8(12)4-6/h2-4,9H,5,13H2,1H3/t9-/m0/s1. The molecule has 0 aliphatic carbocycles. The minimum atomic E-state index is -0.386. The third-order valence-electron chi connectivity index (χ3n) is 1.99. The molecule has 0 radical (unpaired) electrons. The highest BCUT2D eigenvalue weighted by atomic mass is 79.9. The molecule has 1 aromatic carbocycles. The molecule has 82 valence electrons. The smallest absolute Gasteiger partial charge is 0.307 e. The zero-order valence-corrected chi connectivity index (χ0v) is 10.5. The Balaban J connectivity index is 2.78. The predicted molar refractivity (Wildman–Crippen MR) is 62.7 cm³/mol. The first kappa shape index (κ1) is 12.5. The van der Waals surface area contributed by atoms with Crippen molar-refractivity contribution >= 4 is 33.5 Å². The molecule has 3 nitrogen and oxygen atoms in total. The zero-order valence-electron chi connectivity index (χ0n) is 8.17. The van der Waals surface area contributed by atoms with Gasteiger partial charge in [0.15, 0.2) is 0 Å². The zero-order chi connectivity index (χ0) is 11.4. The molecule has 0 saturated heterocycles. The number of ether oxygens (including phenoxy) is 1. The number of benzene rings is 1. The van der Waals surface area contributed by atoms with Crippen LogP contribution in [-0.2, 0) is 9.53 Å². The van der Waals surface area contributed by atoms with E-state index in [4.69, 9.17) is 17.3 Å². The van der Waals surface area contributed by atoms with Gasteiger partial charge in [0.1, 0.15) is 0 Å². The third kappa shape index (κ3) is 3.48. The first-order valence-electron chi connectivity index (χ1n) is 4.32. The number of carbonyl (C=O) groups excluding carboxylic acids is 1. The summed E-state index contributed by atoms with van der Waals surface area (Å²) in [7, 11) is 1.34. The first-order valence-corrected chi connectivity index (χ1v) is 5.49.